The number of rotatable bonds is 5. The van der Waals surface area contributed by atoms with E-state index in [9.17, 15) is 28.7 Å². The molecule has 0 aromatic heterocycles. The first-order chi connectivity index (χ1) is 22.0. The van der Waals surface area contributed by atoms with Gasteiger partial charge in [0.05, 0.1) is 46.2 Å². The summed E-state index contributed by atoms with van der Waals surface area (Å²) in [6.07, 6.45) is 2.31. The van der Waals surface area contributed by atoms with E-state index in [1.165, 1.54) is 17.0 Å². The van der Waals surface area contributed by atoms with Gasteiger partial charge in [-0.25, -0.2) is 9.29 Å². The van der Waals surface area contributed by atoms with E-state index < -0.39 is 52.6 Å². The van der Waals surface area contributed by atoms with Crippen molar-refractivity contribution in [2.75, 3.05) is 16.4 Å². The number of carbonyl (C=O) groups is 4. The molecule has 1 saturated carbocycles. The highest BCUT2D eigenvalue weighted by Crippen LogP contribution is 2.65. The average Bonchev–Trinajstić information content (AvgIpc) is 3.40. The molecular weight excluding hydrogens is 679 g/mol. The lowest BCUT2D eigenvalue weighted by molar-refractivity contribution is -0.131. The second-order valence-electron chi connectivity index (χ2n) is 12.4. The number of phenols is 1. The zero-order chi connectivity index (χ0) is 32.7. The topological polar surface area (TPSA) is 104 Å². The Morgan fingerprint density at radius 1 is 0.978 bits per heavy atom. The lowest BCUT2D eigenvalue weighted by Crippen LogP contribution is -2.48. The van der Waals surface area contributed by atoms with Gasteiger partial charge in [0.25, 0.3) is 0 Å². The van der Waals surface area contributed by atoms with E-state index in [1.807, 2.05) is 6.08 Å². The van der Waals surface area contributed by atoms with Gasteiger partial charge in [-0.05, 0) is 81.1 Å². The molecule has 0 bridgehead atoms. The molecule has 7 rings (SSSR count). The number of phenolic OH excluding ortho intramolecular Hbond substituents is 1. The molecule has 1 N–H and O–H groups in total. The second-order valence-corrected chi connectivity index (χ2v) is 13.7. The number of para-hydroxylation sites is 1. The number of nitrogens with zero attached hydrogens (tertiary/aromatic N) is 2. The van der Waals surface area contributed by atoms with Crippen molar-refractivity contribution in [1.82, 2.24) is 0 Å². The van der Waals surface area contributed by atoms with Crippen LogP contribution in [0.15, 0.2) is 76.8 Å². The zero-order valence-electron chi connectivity index (χ0n) is 24.9. The van der Waals surface area contributed by atoms with E-state index in [4.69, 9.17) is 16.3 Å². The van der Waals surface area contributed by atoms with Gasteiger partial charge in [-0.15, -0.1) is 0 Å². The van der Waals surface area contributed by atoms with Crippen LogP contribution < -0.4 is 14.5 Å². The number of imide groups is 2. The number of halogens is 3. The molecule has 2 heterocycles. The molecule has 4 amide bonds. The average molecular weight is 708 g/mol. The quantitative estimate of drug-likeness (QED) is 0.232. The predicted molar refractivity (Wildman–Crippen MR) is 172 cm³/mol. The van der Waals surface area contributed by atoms with Crippen LogP contribution >= 0.6 is 27.5 Å². The Kier molecular flexibility index (Phi) is 7.36. The number of amides is 4. The minimum atomic E-state index is -1.40. The molecule has 4 aliphatic rings. The van der Waals surface area contributed by atoms with E-state index in [2.05, 4.69) is 15.9 Å². The van der Waals surface area contributed by atoms with Crippen LogP contribution in [0.2, 0.25) is 5.02 Å². The van der Waals surface area contributed by atoms with E-state index in [-0.39, 0.29) is 53.5 Å². The molecule has 2 aliphatic carbocycles. The van der Waals surface area contributed by atoms with Crippen molar-refractivity contribution < 1.29 is 33.4 Å². The maximum atomic E-state index is 14.6. The number of fused-ring (bicyclic) bond motifs is 4. The molecule has 3 fully saturated rings. The number of benzene rings is 3. The van der Waals surface area contributed by atoms with Crippen LogP contribution in [0.3, 0.4) is 0 Å². The summed E-state index contributed by atoms with van der Waals surface area (Å²) in [5.41, 5.74) is 0.302. The Labute approximate surface area is 277 Å². The largest absolute Gasteiger partial charge is 0.504 e. The molecule has 2 aliphatic heterocycles. The summed E-state index contributed by atoms with van der Waals surface area (Å²) in [5, 5.41) is 11.3. The fourth-order valence-electron chi connectivity index (χ4n) is 8.12. The number of carbonyl (C=O) groups excluding carboxylic acids is 4. The Morgan fingerprint density at radius 2 is 1.70 bits per heavy atom. The highest BCUT2D eigenvalue weighted by Gasteiger charge is 2.68. The summed E-state index contributed by atoms with van der Waals surface area (Å²) in [7, 11) is 0. The van der Waals surface area contributed by atoms with Gasteiger partial charge in [-0.3, -0.25) is 24.1 Å². The van der Waals surface area contributed by atoms with Gasteiger partial charge in [-0.1, -0.05) is 51.3 Å². The fourth-order valence-corrected chi connectivity index (χ4v) is 8.56. The molecule has 3 aromatic rings. The van der Waals surface area contributed by atoms with Crippen LogP contribution in [0.4, 0.5) is 15.8 Å². The number of aromatic hydroxyl groups is 1. The van der Waals surface area contributed by atoms with Gasteiger partial charge < -0.3 is 9.84 Å². The summed E-state index contributed by atoms with van der Waals surface area (Å²) >= 11 is 9.47. The molecule has 0 radical (unpaired) electrons. The molecule has 0 spiro atoms. The summed E-state index contributed by atoms with van der Waals surface area (Å²) in [4.78, 5) is 59.1. The lowest BCUT2D eigenvalue weighted by Gasteiger charge is -2.49. The third-order valence-electron chi connectivity index (χ3n) is 10.2. The van der Waals surface area contributed by atoms with Crippen LogP contribution in [-0.4, -0.2) is 35.3 Å². The van der Waals surface area contributed by atoms with E-state index in [0.717, 1.165) is 21.0 Å². The van der Waals surface area contributed by atoms with Crippen LogP contribution in [-0.2, 0) is 19.2 Å². The fraction of sp³-hybridized carbons (Fsp3) is 0.314. The lowest BCUT2D eigenvalue weighted by atomic mass is 9.51. The SMILES string of the molecule is CCOc1cccc(C2C3=CCC4C(=O)N(c5ccc(Br)cc5)C(=O)C4C3CC3C(=O)N(c4ccc(F)c(Cl)c4)C(=O)C32C)c1O. The molecule has 11 heteroatoms. The van der Waals surface area contributed by atoms with Gasteiger partial charge in [0.15, 0.2) is 11.5 Å². The smallest absolute Gasteiger partial charge is 0.241 e. The molecule has 236 valence electrons. The Balaban J connectivity index is 1.38. The van der Waals surface area contributed by atoms with Crippen LogP contribution in [0.25, 0.3) is 0 Å². The molecule has 3 aromatic carbocycles. The first kappa shape index (κ1) is 30.6. The number of allylic oxidation sites excluding steroid dienone is 2. The van der Waals surface area contributed by atoms with Crippen LogP contribution in [0.5, 0.6) is 11.5 Å². The van der Waals surface area contributed by atoms with Crippen molar-refractivity contribution in [2.45, 2.75) is 32.6 Å². The highest BCUT2D eigenvalue weighted by molar-refractivity contribution is 9.10. The third-order valence-corrected chi connectivity index (χ3v) is 11.0. The van der Waals surface area contributed by atoms with Crippen molar-refractivity contribution in [3.8, 4) is 11.5 Å². The summed E-state index contributed by atoms with van der Waals surface area (Å²) in [5.74, 6) is -6.06. The van der Waals surface area contributed by atoms with Crippen LogP contribution in [0, 0.1) is 34.9 Å². The van der Waals surface area contributed by atoms with E-state index in [0.29, 0.717) is 11.3 Å². The molecule has 6 unspecified atom stereocenters. The molecule has 46 heavy (non-hydrogen) atoms. The Hall–Kier alpha value is -4.02. The van der Waals surface area contributed by atoms with Crippen LogP contribution in [0.1, 0.15) is 38.2 Å². The van der Waals surface area contributed by atoms with Gasteiger partial charge in [0.1, 0.15) is 5.82 Å². The Bertz CT molecular complexity index is 1860. The molecule has 6 atom stereocenters. The summed E-state index contributed by atoms with van der Waals surface area (Å²) < 4.78 is 20.6. The molecule has 2 saturated heterocycles. The number of hydrogen-bond acceptors (Lipinski definition) is 6. The number of anilines is 2. The van der Waals surface area contributed by atoms with Crippen molar-refractivity contribution >= 4 is 62.5 Å². The van der Waals surface area contributed by atoms with Gasteiger partial charge in [-0.2, -0.15) is 0 Å². The highest BCUT2D eigenvalue weighted by atomic mass is 79.9. The van der Waals surface area contributed by atoms with Crippen molar-refractivity contribution in [2.24, 2.45) is 29.1 Å². The molecular formula is C35H29BrClFN2O6. The first-order valence-electron chi connectivity index (χ1n) is 15.1. The standard InChI is InChI=1S/C35H29BrClFN2O6/c1-3-46-27-6-4-5-22(30(27)41)29-20-12-13-21-28(33(44)39(31(21)42)18-9-7-17(36)8-10-18)23(20)16-24-32(43)40(34(45)35(24,29)2)19-11-14-26(38)25(37)15-19/h4-12,14-15,21,23-24,28-29,41H,3,13,16H2,1-2H3. The monoisotopic (exact) mass is 706 g/mol. The number of hydrogen-bond donors (Lipinski definition) is 1. The van der Waals surface area contributed by atoms with E-state index in [1.54, 1.807) is 56.3 Å². The summed E-state index contributed by atoms with van der Waals surface area (Å²) in [6.45, 7) is 3.78. The minimum Gasteiger partial charge on any atom is -0.504 e. The first-order valence-corrected chi connectivity index (χ1v) is 16.3. The third kappa shape index (κ3) is 4.29. The van der Waals surface area contributed by atoms with Gasteiger partial charge in [0.2, 0.25) is 23.6 Å². The van der Waals surface area contributed by atoms with E-state index >= 15 is 0 Å². The van der Waals surface area contributed by atoms with Crippen molar-refractivity contribution in [1.29, 1.82) is 0 Å². The predicted octanol–water partition coefficient (Wildman–Crippen LogP) is 6.78. The Morgan fingerprint density at radius 3 is 2.39 bits per heavy atom. The second kappa shape index (κ2) is 11.1. The minimum absolute atomic E-state index is 0.131. The van der Waals surface area contributed by atoms with Crippen molar-refractivity contribution in [3.63, 3.8) is 0 Å². The molecule has 8 nitrogen and oxygen atoms in total. The van der Waals surface area contributed by atoms with Crippen molar-refractivity contribution in [3.05, 3.63) is 93.2 Å². The summed E-state index contributed by atoms with van der Waals surface area (Å²) in [6, 6.07) is 15.6. The van der Waals surface area contributed by atoms with Gasteiger partial charge in [0, 0.05) is 16.0 Å². The van der Waals surface area contributed by atoms with Gasteiger partial charge >= 0.3 is 0 Å². The maximum Gasteiger partial charge on any atom is 0.241 e. The zero-order valence-corrected chi connectivity index (χ0v) is 27.2. The number of ether oxygens (including phenoxy) is 1. The normalized spacial score (nSPS) is 28.6. The maximum absolute atomic E-state index is 14.6.